The molecule has 226 valence electrons. The molecule has 2 aromatic heterocycles. The number of halogens is 2. The third-order valence-electron chi connectivity index (χ3n) is 6.25. The fourth-order valence-electron chi connectivity index (χ4n) is 4.18. The van der Waals surface area contributed by atoms with Crippen molar-refractivity contribution in [3.05, 3.63) is 69.9 Å². The van der Waals surface area contributed by atoms with E-state index < -0.39 is 35.2 Å². The van der Waals surface area contributed by atoms with Gasteiger partial charge in [-0.15, -0.1) is 0 Å². The van der Waals surface area contributed by atoms with Gasteiger partial charge in [-0.25, -0.2) is 18.6 Å². The molecule has 42 heavy (non-hydrogen) atoms. The predicted octanol–water partition coefficient (Wildman–Crippen LogP) is 3.73. The van der Waals surface area contributed by atoms with E-state index in [1.807, 2.05) is 20.8 Å². The third-order valence-corrected chi connectivity index (χ3v) is 6.25. The van der Waals surface area contributed by atoms with E-state index in [4.69, 9.17) is 0 Å². The molecule has 2 heterocycles. The number of hydrogen-bond donors (Lipinski definition) is 3. The summed E-state index contributed by atoms with van der Waals surface area (Å²) in [6.07, 6.45) is 4.29. The van der Waals surface area contributed by atoms with Crippen molar-refractivity contribution >= 4 is 34.6 Å². The lowest BCUT2D eigenvalue weighted by Gasteiger charge is -2.19. The van der Waals surface area contributed by atoms with Gasteiger partial charge in [-0.1, -0.05) is 26.8 Å². The van der Waals surface area contributed by atoms with Gasteiger partial charge < -0.3 is 29.8 Å². The molecule has 1 atom stereocenters. The van der Waals surface area contributed by atoms with Gasteiger partial charge in [-0.2, -0.15) is 0 Å². The van der Waals surface area contributed by atoms with Gasteiger partial charge in [-0.3, -0.25) is 14.4 Å². The number of benzene rings is 1. The maximum Gasteiger partial charge on any atom is 0.407 e. The molecule has 0 unspecified atom stereocenters. The maximum absolute atomic E-state index is 14.7. The first-order valence-corrected chi connectivity index (χ1v) is 13.3. The minimum atomic E-state index is -1.07. The molecule has 3 amide bonds. The second kappa shape index (κ2) is 13.4. The molecule has 3 aromatic rings. The Morgan fingerprint density at radius 1 is 1.21 bits per heavy atom. The first-order chi connectivity index (χ1) is 19.7. The zero-order valence-corrected chi connectivity index (χ0v) is 24.5. The zero-order chi connectivity index (χ0) is 31.2. The number of amides is 3. The van der Waals surface area contributed by atoms with Crippen LogP contribution in [-0.2, 0) is 27.3 Å². The lowest BCUT2D eigenvalue weighted by molar-refractivity contribution is -0.123. The van der Waals surface area contributed by atoms with Crippen molar-refractivity contribution in [2.24, 2.45) is 5.41 Å². The highest BCUT2D eigenvalue weighted by Gasteiger charge is 2.23. The number of imidazole rings is 1. The van der Waals surface area contributed by atoms with Gasteiger partial charge in [0.1, 0.15) is 28.9 Å². The highest BCUT2D eigenvalue weighted by atomic mass is 19.1. The van der Waals surface area contributed by atoms with Crippen LogP contribution in [0.5, 0.6) is 0 Å². The number of carbonyl (C=O) groups excluding carboxylic acids is 3. The Kier molecular flexibility index (Phi) is 10.2. The number of alkyl carbamates (subject to hydrolysis) is 1. The number of aromatic amines is 1. The summed E-state index contributed by atoms with van der Waals surface area (Å²) in [4.78, 5) is 58.4. The molecule has 0 aliphatic carbocycles. The summed E-state index contributed by atoms with van der Waals surface area (Å²) in [6.45, 7) is 5.70. The number of pyridine rings is 1. The van der Waals surface area contributed by atoms with Gasteiger partial charge >= 0.3 is 6.09 Å². The summed E-state index contributed by atoms with van der Waals surface area (Å²) in [5.74, 6) is -2.18. The van der Waals surface area contributed by atoms with Crippen molar-refractivity contribution in [1.82, 2.24) is 24.8 Å². The molecule has 0 spiro atoms. The van der Waals surface area contributed by atoms with Gasteiger partial charge in [0.15, 0.2) is 5.82 Å². The number of fused-ring (bicyclic) bond motifs is 1. The average Bonchev–Trinajstić information content (AvgIpc) is 3.34. The van der Waals surface area contributed by atoms with Crippen molar-refractivity contribution in [2.75, 3.05) is 26.5 Å². The zero-order valence-electron chi connectivity index (χ0n) is 24.5. The van der Waals surface area contributed by atoms with Gasteiger partial charge in [0.25, 0.3) is 5.56 Å². The van der Waals surface area contributed by atoms with E-state index >= 15 is 0 Å². The second-order valence-electron chi connectivity index (χ2n) is 11.2. The SMILES string of the molecule is COC(=O)N[C@@H](CC/C=C/C(=O)N(C)C)C(=O)Nc1cccn(Cc2nc3c(F)cc(F)c(CC(C)(C)C)c3[nH]2)c1=O. The van der Waals surface area contributed by atoms with E-state index in [2.05, 4.69) is 25.3 Å². The highest BCUT2D eigenvalue weighted by Crippen LogP contribution is 2.29. The molecule has 0 aliphatic heterocycles. The van der Waals surface area contributed by atoms with Crippen LogP contribution in [0.1, 0.15) is 45.0 Å². The largest absolute Gasteiger partial charge is 0.453 e. The van der Waals surface area contributed by atoms with Crippen molar-refractivity contribution in [2.45, 2.75) is 52.6 Å². The summed E-state index contributed by atoms with van der Waals surface area (Å²) < 4.78 is 35.1. The van der Waals surface area contributed by atoms with Crippen LogP contribution in [-0.4, -0.2) is 64.6 Å². The molecule has 1 aromatic carbocycles. The molecule has 13 heteroatoms. The number of aromatic nitrogens is 3. The maximum atomic E-state index is 14.7. The first kappa shape index (κ1) is 32.0. The number of H-pyrrole nitrogens is 1. The second-order valence-corrected chi connectivity index (χ2v) is 11.2. The quantitative estimate of drug-likeness (QED) is 0.310. The average molecular weight is 587 g/mol. The van der Waals surface area contributed by atoms with Crippen molar-refractivity contribution < 1.29 is 27.9 Å². The van der Waals surface area contributed by atoms with Crippen LogP contribution < -0.4 is 16.2 Å². The topological polar surface area (TPSA) is 138 Å². The van der Waals surface area contributed by atoms with E-state index in [0.29, 0.717) is 12.0 Å². The van der Waals surface area contributed by atoms with Gasteiger partial charge in [-0.05, 0) is 42.9 Å². The monoisotopic (exact) mass is 586 g/mol. The van der Waals surface area contributed by atoms with E-state index in [1.54, 1.807) is 20.2 Å². The molecule has 0 radical (unpaired) electrons. The van der Waals surface area contributed by atoms with Crippen LogP contribution in [0.2, 0.25) is 0 Å². The number of carbonyl (C=O) groups is 3. The molecular formula is C29H36F2N6O5. The molecule has 0 bridgehead atoms. The lowest BCUT2D eigenvalue weighted by atomic mass is 9.87. The minimum absolute atomic E-state index is 0.0267. The fraction of sp³-hybridized carbons (Fsp3) is 0.414. The molecule has 0 aliphatic rings. The molecule has 3 rings (SSSR count). The molecule has 11 nitrogen and oxygen atoms in total. The van der Waals surface area contributed by atoms with Crippen LogP contribution >= 0.6 is 0 Å². The number of allylic oxidation sites excluding steroid dienone is 1. The summed E-state index contributed by atoms with van der Waals surface area (Å²) in [5, 5.41) is 4.95. The summed E-state index contributed by atoms with van der Waals surface area (Å²) in [7, 11) is 4.36. The Morgan fingerprint density at radius 3 is 2.57 bits per heavy atom. The number of methoxy groups -OCH3 is 1. The van der Waals surface area contributed by atoms with Crippen LogP contribution in [0.4, 0.5) is 19.3 Å². The van der Waals surface area contributed by atoms with Crippen molar-refractivity contribution in [1.29, 1.82) is 0 Å². The summed E-state index contributed by atoms with van der Waals surface area (Å²) in [6, 6.07) is 2.67. The Balaban J connectivity index is 1.82. The lowest BCUT2D eigenvalue weighted by Crippen LogP contribution is -2.44. The number of likely N-dealkylation sites (N-methyl/N-ethyl adjacent to an activating group) is 1. The number of nitrogens with zero attached hydrogens (tertiary/aromatic N) is 3. The van der Waals surface area contributed by atoms with Crippen LogP contribution in [0.3, 0.4) is 0 Å². The Labute approximate surface area is 241 Å². The van der Waals surface area contributed by atoms with Gasteiger partial charge in [0.2, 0.25) is 11.8 Å². The van der Waals surface area contributed by atoms with E-state index in [1.165, 1.54) is 33.9 Å². The van der Waals surface area contributed by atoms with E-state index in [9.17, 15) is 28.0 Å². The molecule has 0 saturated heterocycles. The molecular weight excluding hydrogens is 550 g/mol. The number of anilines is 1. The normalized spacial score (nSPS) is 12.4. The Hall–Kier alpha value is -4.55. The fourth-order valence-corrected chi connectivity index (χ4v) is 4.18. The van der Waals surface area contributed by atoms with Crippen LogP contribution in [0.25, 0.3) is 11.0 Å². The smallest absolute Gasteiger partial charge is 0.407 e. The summed E-state index contributed by atoms with van der Waals surface area (Å²) in [5.41, 5.74) is -0.424. The van der Waals surface area contributed by atoms with E-state index in [-0.39, 0.29) is 53.3 Å². The number of rotatable bonds is 10. The molecule has 0 saturated carbocycles. The first-order valence-electron chi connectivity index (χ1n) is 13.3. The standard InChI is InChI=1S/C29H36F2N6O5/c1-29(2,3)15-17-18(30)14-19(31)25-24(17)34-22(35-25)16-37-13-9-11-21(27(37)40)32-26(39)20(33-28(41)42-6)10-7-8-12-23(38)36(4)5/h8-9,11-14,20H,7,10,15-16H2,1-6H3,(H,32,39)(H,33,41)(H,34,35)/b12-8+/t20-/m0/s1. The van der Waals surface area contributed by atoms with Crippen molar-refractivity contribution in [3.63, 3.8) is 0 Å². The number of ether oxygens (including phenoxy) is 1. The predicted molar refractivity (Wildman–Crippen MR) is 154 cm³/mol. The Morgan fingerprint density at radius 2 is 1.93 bits per heavy atom. The number of nitrogens with one attached hydrogen (secondary N) is 3. The van der Waals surface area contributed by atoms with Crippen LogP contribution in [0.15, 0.2) is 41.3 Å². The highest BCUT2D eigenvalue weighted by molar-refractivity contribution is 5.96. The summed E-state index contributed by atoms with van der Waals surface area (Å²) >= 11 is 0. The Bertz CT molecular complexity index is 1550. The van der Waals surface area contributed by atoms with Gasteiger partial charge in [0.05, 0.1) is 19.2 Å². The minimum Gasteiger partial charge on any atom is -0.453 e. The van der Waals surface area contributed by atoms with Crippen molar-refractivity contribution in [3.8, 4) is 0 Å². The third kappa shape index (κ3) is 8.24. The molecule has 0 fully saturated rings. The van der Waals surface area contributed by atoms with E-state index in [0.717, 1.165) is 13.2 Å². The number of hydrogen-bond acceptors (Lipinski definition) is 6. The molecule has 3 N–H and O–H groups in total. The van der Waals surface area contributed by atoms with Crippen LogP contribution in [0, 0.1) is 17.0 Å². The van der Waals surface area contributed by atoms with Gasteiger partial charge in [0, 0.05) is 31.9 Å².